The minimum Gasteiger partial charge on any atom is -0.306 e. The lowest BCUT2D eigenvalue weighted by Gasteiger charge is -2.30. The van der Waals surface area contributed by atoms with Crippen molar-refractivity contribution in [1.29, 1.82) is 0 Å². The van der Waals surface area contributed by atoms with Gasteiger partial charge in [0, 0.05) is 12.2 Å². The summed E-state index contributed by atoms with van der Waals surface area (Å²) in [6.45, 7) is 0.813. The molecule has 0 bridgehead atoms. The fourth-order valence-corrected chi connectivity index (χ4v) is 2.61. The molecule has 6 heteroatoms. The van der Waals surface area contributed by atoms with Crippen molar-refractivity contribution in [2.24, 2.45) is 0 Å². The largest absolute Gasteiger partial charge is 0.416 e. The molecule has 2 heterocycles. The van der Waals surface area contributed by atoms with Gasteiger partial charge in [0.1, 0.15) is 0 Å². The van der Waals surface area contributed by atoms with Crippen LogP contribution in [0.2, 0.25) is 0 Å². The fourth-order valence-electron chi connectivity index (χ4n) is 2.61. The maximum absolute atomic E-state index is 12.7. The van der Waals surface area contributed by atoms with Gasteiger partial charge in [-0.05, 0) is 24.1 Å². The van der Waals surface area contributed by atoms with Gasteiger partial charge in [0.15, 0.2) is 0 Å². The Balaban J connectivity index is 2.05. The predicted molar refractivity (Wildman–Crippen MR) is 59.3 cm³/mol. The molecular weight excluding hydrogens is 245 g/mol. The number of nitrogens with one attached hydrogen (secondary N) is 1. The molecule has 2 aliphatic rings. The zero-order valence-electron chi connectivity index (χ0n) is 9.42. The molecule has 3 rings (SSSR count). The first-order valence-corrected chi connectivity index (χ1v) is 5.70. The Labute approximate surface area is 102 Å². The number of nitrogens with zero attached hydrogens (tertiary/aromatic N) is 1. The van der Waals surface area contributed by atoms with Crippen LogP contribution in [-0.2, 0) is 17.4 Å². The molecule has 1 amide bonds. The van der Waals surface area contributed by atoms with Gasteiger partial charge in [0.05, 0.1) is 18.2 Å². The van der Waals surface area contributed by atoms with Gasteiger partial charge in [-0.2, -0.15) is 13.2 Å². The van der Waals surface area contributed by atoms with Crippen LogP contribution in [0.25, 0.3) is 0 Å². The lowest BCUT2D eigenvalue weighted by atomic mass is 10.1. The number of rotatable bonds is 0. The molecule has 96 valence electrons. The van der Waals surface area contributed by atoms with E-state index in [2.05, 4.69) is 5.32 Å². The van der Waals surface area contributed by atoms with Gasteiger partial charge in [-0.3, -0.25) is 4.79 Å². The van der Waals surface area contributed by atoms with Crippen molar-refractivity contribution < 1.29 is 18.0 Å². The molecule has 0 aliphatic carbocycles. The van der Waals surface area contributed by atoms with Crippen LogP contribution in [0.15, 0.2) is 18.2 Å². The number of amides is 1. The molecule has 1 aromatic rings. The van der Waals surface area contributed by atoms with Crippen LogP contribution in [0.3, 0.4) is 0 Å². The molecule has 1 fully saturated rings. The highest BCUT2D eigenvalue weighted by molar-refractivity contribution is 5.98. The number of carbonyl (C=O) groups excluding carboxylic acids is 1. The third kappa shape index (κ3) is 1.68. The van der Waals surface area contributed by atoms with Gasteiger partial charge >= 0.3 is 6.18 Å². The number of halogens is 3. The van der Waals surface area contributed by atoms with Crippen LogP contribution in [0.1, 0.15) is 11.1 Å². The second kappa shape index (κ2) is 3.71. The number of alkyl halides is 3. The van der Waals surface area contributed by atoms with E-state index in [0.29, 0.717) is 18.7 Å². The van der Waals surface area contributed by atoms with E-state index in [0.717, 1.165) is 17.7 Å². The SMILES string of the molecule is O=C1CNCC2Cc3ccc(C(F)(F)F)cc3N12. The zero-order valence-corrected chi connectivity index (χ0v) is 9.42. The van der Waals surface area contributed by atoms with Crippen LogP contribution in [-0.4, -0.2) is 25.0 Å². The first-order valence-electron chi connectivity index (χ1n) is 5.70. The van der Waals surface area contributed by atoms with Crippen LogP contribution in [0, 0.1) is 0 Å². The minimum atomic E-state index is -4.37. The van der Waals surface area contributed by atoms with Gasteiger partial charge in [0.25, 0.3) is 0 Å². The Morgan fingerprint density at radius 3 is 2.83 bits per heavy atom. The monoisotopic (exact) mass is 256 g/mol. The molecule has 0 radical (unpaired) electrons. The third-order valence-corrected chi connectivity index (χ3v) is 3.42. The molecule has 0 saturated carbocycles. The van der Waals surface area contributed by atoms with Gasteiger partial charge in [-0.15, -0.1) is 0 Å². The number of anilines is 1. The smallest absolute Gasteiger partial charge is 0.306 e. The van der Waals surface area contributed by atoms with E-state index in [9.17, 15) is 18.0 Å². The van der Waals surface area contributed by atoms with Crippen LogP contribution in [0.5, 0.6) is 0 Å². The number of hydrogen-bond acceptors (Lipinski definition) is 2. The fraction of sp³-hybridized carbons (Fsp3) is 0.417. The van der Waals surface area contributed by atoms with Crippen molar-refractivity contribution in [2.75, 3.05) is 18.0 Å². The van der Waals surface area contributed by atoms with Gasteiger partial charge in [-0.25, -0.2) is 0 Å². The standard InChI is InChI=1S/C12H11F3N2O/c13-12(14,15)8-2-1-7-3-9-5-16-6-11(18)17(9)10(7)4-8/h1-2,4,9,16H,3,5-6H2. The molecule has 1 unspecified atom stereocenters. The maximum Gasteiger partial charge on any atom is 0.416 e. The van der Waals surface area contributed by atoms with Crippen LogP contribution < -0.4 is 10.2 Å². The summed E-state index contributed by atoms with van der Waals surface area (Å²) in [4.78, 5) is 13.3. The normalized spacial score (nSPS) is 22.9. The first-order chi connectivity index (χ1) is 8.47. The van der Waals surface area contributed by atoms with Crippen molar-refractivity contribution in [1.82, 2.24) is 5.32 Å². The van der Waals surface area contributed by atoms with Gasteiger partial charge in [0.2, 0.25) is 5.91 Å². The van der Waals surface area contributed by atoms with E-state index in [1.165, 1.54) is 11.0 Å². The van der Waals surface area contributed by atoms with E-state index < -0.39 is 11.7 Å². The summed E-state index contributed by atoms with van der Waals surface area (Å²) in [6, 6.07) is 3.59. The van der Waals surface area contributed by atoms with E-state index in [1.54, 1.807) is 0 Å². The molecule has 0 aromatic heterocycles. The Hall–Kier alpha value is -1.56. The lowest BCUT2D eigenvalue weighted by molar-refractivity contribution is -0.137. The third-order valence-electron chi connectivity index (χ3n) is 3.42. The van der Waals surface area contributed by atoms with Gasteiger partial charge < -0.3 is 10.2 Å². The molecule has 18 heavy (non-hydrogen) atoms. The first kappa shape index (κ1) is 11.5. The van der Waals surface area contributed by atoms with Gasteiger partial charge in [-0.1, -0.05) is 6.07 Å². The van der Waals surface area contributed by atoms with Crippen molar-refractivity contribution in [3.05, 3.63) is 29.3 Å². The number of carbonyl (C=O) groups is 1. The summed E-state index contributed by atoms with van der Waals surface area (Å²) in [5.41, 5.74) is 0.527. The van der Waals surface area contributed by atoms with Crippen molar-refractivity contribution in [2.45, 2.75) is 18.6 Å². The summed E-state index contributed by atoms with van der Waals surface area (Å²) in [6.07, 6.45) is -3.75. The molecule has 1 aromatic carbocycles. The van der Waals surface area contributed by atoms with E-state index >= 15 is 0 Å². The van der Waals surface area contributed by atoms with E-state index in [-0.39, 0.29) is 18.5 Å². The molecule has 1 atom stereocenters. The molecule has 0 spiro atoms. The summed E-state index contributed by atoms with van der Waals surface area (Å²) in [5.74, 6) is -0.163. The highest BCUT2D eigenvalue weighted by Crippen LogP contribution is 2.38. The Morgan fingerprint density at radius 1 is 1.33 bits per heavy atom. The Bertz CT molecular complexity index is 513. The second-order valence-corrected chi connectivity index (χ2v) is 4.59. The summed E-state index contributed by atoms with van der Waals surface area (Å²) in [7, 11) is 0. The summed E-state index contributed by atoms with van der Waals surface area (Å²) >= 11 is 0. The second-order valence-electron chi connectivity index (χ2n) is 4.59. The average Bonchev–Trinajstić information content (AvgIpc) is 2.66. The highest BCUT2D eigenvalue weighted by Gasteiger charge is 2.38. The predicted octanol–water partition coefficient (Wildman–Crippen LogP) is 1.57. The topological polar surface area (TPSA) is 32.3 Å². The van der Waals surface area contributed by atoms with Crippen molar-refractivity contribution in [3.8, 4) is 0 Å². The highest BCUT2D eigenvalue weighted by atomic mass is 19.4. The van der Waals surface area contributed by atoms with E-state index in [4.69, 9.17) is 0 Å². The number of benzene rings is 1. The van der Waals surface area contributed by atoms with Crippen LogP contribution >= 0.6 is 0 Å². The van der Waals surface area contributed by atoms with Crippen molar-refractivity contribution in [3.63, 3.8) is 0 Å². The molecule has 1 saturated heterocycles. The lowest BCUT2D eigenvalue weighted by Crippen LogP contribution is -2.53. The zero-order chi connectivity index (χ0) is 12.9. The molecule has 1 N–H and O–H groups in total. The maximum atomic E-state index is 12.7. The number of piperazine rings is 1. The Morgan fingerprint density at radius 2 is 2.11 bits per heavy atom. The Kier molecular flexibility index (Phi) is 2.38. The minimum absolute atomic E-state index is 0.0512. The average molecular weight is 256 g/mol. The number of hydrogen-bond donors (Lipinski definition) is 1. The molecular formula is C12H11F3N2O. The van der Waals surface area contributed by atoms with Crippen LogP contribution in [0.4, 0.5) is 18.9 Å². The number of fused-ring (bicyclic) bond motifs is 3. The van der Waals surface area contributed by atoms with E-state index in [1.807, 2.05) is 0 Å². The summed E-state index contributed by atoms with van der Waals surface area (Å²) < 4.78 is 38.0. The quantitative estimate of drug-likeness (QED) is 0.764. The molecule has 3 nitrogen and oxygen atoms in total. The van der Waals surface area contributed by atoms with Crippen molar-refractivity contribution >= 4 is 11.6 Å². The molecule has 2 aliphatic heterocycles. The summed E-state index contributed by atoms with van der Waals surface area (Å²) in [5, 5.41) is 2.97.